The Morgan fingerprint density at radius 1 is 1.36 bits per heavy atom. The van der Waals surface area contributed by atoms with E-state index in [4.69, 9.17) is 26.2 Å². The van der Waals surface area contributed by atoms with Gasteiger partial charge in [0.1, 0.15) is 13.2 Å². The molecule has 7 nitrogen and oxygen atoms in total. The molecule has 2 heterocycles. The van der Waals surface area contributed by atoms with Crippen molar-refractivity contribution >= 4 is 23.9 Å². The molecular formula is C14H11ClN2O5. The lowest BCUT2D eigenvalue weighted by molar-refractivity contribution is 0.0689. The number of aromatic carboxylic acids is 1. The summed E-state index contributed by atoms with van der Waals surface area (Å²) < 4.78 is 12.5. The van der Waals surface area contributed by atoms with Gasteiger partial charge in [-0.2, -0.15) is 5.10 Å². The molecule has 1 aromatic carbocycles. The molecule has 0 saturated carbocycles. The van der Waals surface area contributed by atoms with Gasteiger partial charge in [0.25, 0.3) is 0 Å². The van der Waals surface area contributed by atoms with Crippen LogP contribution in [0.15, 0.2) is 12.1 Å². The number of nitrogens with zero attached hydrogens (tertiary/aromatic N) is 2. The summed E-state index contributed by atoms with van der Waals surface area (Å²) in [5, 5.41) is 13.2. The molecule has 0 aliphatic carbocycles. The summed E-state index contributed by atoms with van der Waals surface area (Å²) in [7, 11) is 1.61. The van der Waals surface area contributed by atoms with E-state index >= 15 is 0 Å². The summed E-state index contributed by atoms with van der Waals surface area (Å²) in [6.07, 6.45) is 0.603. The molecule has 1 aliphatic rings. The zero-order valence-corrected chi connectivity index (χ0v) is 12.3. The first kappa shape index (κ1) is 14.4. The first-order chi connectivity index (χ1) is 10.5. The third kappa shape index (κ3) is 2.19. The number of hydrogen-bond acceptors (Lipinski definition) is 5. The summed E-state index contributed by atoms with van der Waals surface area (Å²) >= 11 is 6.13. The van der Waals surface area contributed by atoms with E-state index in [0.29, 0.717) is 36.5 Å². The van der Waals surface area contributed by atoms with E-state index in [1.165, 1.54) is 10.7 Å². The average Bonchev–Trinajstić information content (AvgIpc) is 2.88. The quantitative estimate of drug-likeness (QED) is 0.869. The number of rotatable bonds is 3. The first-order valence-corrected chi connectivity index (χ1v) is 6.75. The minimum Gasteiger partial charge on any atom is -0.485 e. The third-order valence-corrected chi connectivity index (χ3v) is 3.61. The predicted octanol–water partition coefficient (Wildman–Crippen LogP) is 2.02. The molecule has 0 amide bonds. The number of hydrogen-bond donors (Lipinski definition) is 1. The fourth-order valence-electron chi connectivity index (χ4n) is 2.32. The molecule has 2 aromatic rings. The molecule has 0 atom stereocenters. The Morgan fingerprint density at radius 2 is 2.05 bits per heavy atom. The van der Waals surface area contributed by atoms with Crippen LogP contribution in [-0.2, 0) is 7.05 Å². The van der Waals surface area contributed by atoms with Crippen LogP contribution in [0.25, 0.3) is 11.3 Å². The smallest absolute Gasteiger partial charge is 0.356 e. The highest BCUT2D eigenvalue weighted by molar-refractivity contribution is 6.33. The highest BCUT2D eigenvalue weighted by atomic mass is 35.5. The molecular weight excluding hydrogens is 312 g/mol. The maximum atomic E-state index is 11.2. The van der Waals surface area contributed by atoms with Crippen LogP contribution in [0.5, 0.6) is 11.5 Å². The van der Waals surface area contributed by atoms with E-state index in [9.17, 15) is 9.59 Å². The first-order valence-electron chi connectivity index (χ1n) is 6.38. The topological polar surface area (TPSA) is 90.7 Å². The minimum absolute atomic E-state index is 0.0986. The summed E-state index contributed by atoms with van der Waals surface area (Å²) in [6, 6.07) is 2.95. The van der Waals surface area contributed by atoms with Gasteiger partial charge in [-0.1, -0.05) is 11.6 Å². The summed E-state index contributed by atoms with van der Waals surface area (Å²) in [4.78, 5) is 22.2. The van der Waals surface area contributed by atoms with Gasteiger partial charge in [-0.05, 0) is 12.1 Å². The van der Waals surface area contributed by atoms with Gasteiger partial charge in [0.05, 0.1) is 16.3 Å². The molecule has 0 bridgehead atoms. The molecule has 0 spiro atoms. The largest absolute Gasteiger partial charge is 0.485 e. The van der Waals surface area contributed by atoms with Crippen LogP contribution in [-0.4, -0.2) is 40.4 Å². The Kier molecular flexibility index (Phi) is 3.50. The molecule has 0 saturated heterocycles. The van der Waals surface area contributed by atoms with Gasteiger partial charge in [-0.3, -0.25) is 9.48 Å². The van der Waals surface area contributed by atoms with Crippen molar-refractivity contribution in [3.05, 3.63) is 28.4 Å². The number of ether oxygens (including phenoxy) is 2. The van der Waals surface area contributed by atoms with E-state index in [2.05, 4.69) is 5.10 Å². The van der Waals surface area contributed by atoms with E-state index in [-0.39, 0.29) is 22.0 Å². The molecule has 1 N–H and O–H groups in total. The Balaban J connectivity index is 2.25. The monoisotopic (exact) mass is 322 g/mol. The number of carbonyl (C=O) groups is 2. The second-order valence-corrected chi connectivity index (χ2v) is 5.04. The van der Waals surface area contributed by atoms with Crippen molar-refractivity contribution in [2.24, 2.45) is 7.05 Å². The Hall–Kier alpha value is -2.54. The lowest BCUT2D eigenvalue weighted by Crippen LogP contribution is -2.17. The van der Waals surface area contributed by atoms with Gasteiger partial charge in [-0.25, -0.2) is 4.79 Å². The number of aryl methyl sites for hydroxylation is 1. The van der Waals surface area contributed by atoms with Gasteiger partial charge < -0.3 is 14.6 Å². The average molecular weight is 323 g/mol. The van der Waals surface area contributed by atoms with Gasteiger partial charge in [-0.15, -0.1) is 0 Å². The number of carboxylic acids is 1. The van der Waals surface area contributed by atoms with Crippen LogP contribution in [0, 0.1) is 0 Å². The molecule has 0 fully saturated rings. The van der Waals surface area contributed by atoms with Gasteiger partial charge >= 0.3 is 5.97 Å². The molecule has 1 aliphatic heterocycles. The number of halogens is 1. The fourth-order valence-corrected chi connectivity index (χ4v) is 2.56. The summed E-state index contributed by atoms with van der Waals surface area (Å²) in [5.41, 5.74) is 1.13. The van der Waals surface area contributed by atoms with Crippen LogP contribution in [0.2, 0.25) is 5.02 Å². The normalized spacial score (nSPS) is 13.0. The van der Waals surface area contributed by atoms with E-state index < -0.39 is 5.97 Å². The van der Waals surface area contributed by atoms with Crippen LogP contribution < -0.4 is 9.47 Å². The predicted molar refractivity (Wildman–Crippen MR) is 77.0 cm³/mol. The summed E-state index contributed by atoms with van der Waals surface area (Å²) in [6.45, 7) is 0.628. The Labute approximate surface area is 130 Å². The number of aldehydes is 1. The number of fused-ring (bicyclic) bond motifs is 1. The number of benzene rings is 1. The maximum Gasteiger partial charge on any atom is 0.356 e. The van der Waals surface area contributed by atoms with E-state index in [1.54, 1.807) is 13.1 Å². The SMILES string of the molecule is Cn1nc(C(=O)O)cc1-c1cc(Cl)c(C=O)c2c1OCCO2. The highest BCUT2D eigenvalue weighted by Gasteiger charge is 2.26. The molecule has 1 aromatic heterocycles. The Morgan fingerprint density at radius 3 is 2.64 bits per heavy atom. The molecule has 0 unspecified atom stereocenters. The molecule has 3 rings (SSSR count). The number of carboxylic acid groups (broad SMARTS) is 1. The van der Waals surface area contributed by atoms with Crippen molar-refractivity contribution in [2.45, 2.75) is 0 Å². The lowest BCUT2D eigenvalue weighted by Gasteiger charge is -2.23. The minimum atomic E-state index is -1.14. The molecule has 0 radical (unpaired) electrons. The van der Waals surface area contributed by atoms with Crippen LogP contribution in [0.1, 0.15) is 20.8 Å². The van der Waals surface area contributed by atoms with Gasteiger partial charge in [0, 0.05) is 12.6 Å². The second kappa shape index (κ2) is 5.34. The molecule has 8 heteroatoms. The zero-order chi connectivity index (χ0) is 15.9. The number of carbonyl (C=O) groups excluding carboxylic acids is 1. The lowest BCUT2D eigenvalue weighted by atomic mass is 10.1. The second-order valence-electron chi connectivity index (χ2n) is 4.64. The van der Waals surface area contributed by atoms with Crippen LogP contribution in [0.4, 0.5) is 0 Å². The third-order valence-electron chi connectivity index (χ3n) is 3.29. The van der Waals surface area contributed by atoms with Gasteiger partial charge in [0.15, 0.2) is 23.5 Å². The molecule has 114 valence electrons. The number of aromatic nitrogens is 2. The molecule has 22 heavy (non-hydrogen) atoms. The Bertz CT molecular complexity index is 784. The zero-order valence-electron chi connectivity index (χ0n) is 11.5. The van der Waals surface area contributed by atoms with Crippen LogP contribution in [0.3, 0.4) is 0 Å². The van der Waals surface area contributed by atoms with Crippen molar-refractivity contribution in [2.75, 3.05) is 13.2 Å². The van der Waals surface area contributed by atoms with E-state index in [0.717, 1.165) is 0 Å². The summed E-state index contributed by atoms with van der Waals surface area (Å²) in [5.74, 6) is -0.511. The van der Waals surface area contributed by atoms with Crippen LogP contribution >= 0.6 is 11.6 Å². The maximum absolute atomic E-state index is 11.2. The van der Waals surface area contributed by atoms with E-state index in [1.807, 2.05) is 0 Å². The fraction of sp³-hybridized carbons (Fsp3) is 0.214. The standard InChI is InChI=1S/C14H11ClN2O5/c1-17-11(5-10(16-17)14(19)20)7-4-9(15)8(6-18)13-12(7)21-2-3-22-13/h4-6H,2-3H2,1H3,(H,19,20). The van der Waals surface area contributed by atoms with Crippen molar-refractivity contribution in [1.82, 2.24) is 9.78 Å². The highest BCUT2D eigenvalue weighted by Crippen LogP contribution is 2.45. The van der Waals surface area contributed by atoms with Crippen molar-refractivity contribution in [3.8, 4) is 22.8 Å². The van der Waals surface area contributed by atoms with Gasteiger partial charge in [0.2, 0.25) is 0 Å². The van der Waals surface area contributed by atoms with Crippen molar-refractivity contribution < 1.29 is 24.2 Å². The van der Waals surface area contributed by atoms with Crippen molar-refractivity contribution in [3.63, 3.8) is 0 Å². The van der Waals surface area contributed by atoms with Crippen molar-refractivity contribution in [1.29, 1.82) is 0 Å².